The van der Waals surface area contributed by atoms with Gasteiger partial charge in [0.2, 0.25) is 5.91 Å². The number of rotatable bonds is 2. The maximum Gasteiger partial charge on any atom is 0.244 e. The van der Waals surface area contributed by atoms with Gasteiger partial charge >= 0.3 is 0 Å². The lowest BCUT2D eigenvalue weighted by molar-refractivity contribution is -0.136. The third-order valence-corrected chi connectivity index (χ3v) is 5.18. The molecular weight excluding hydrogens is 260 g/mol. The second-order valence-electron chi connectivity index (χ2n) is 5.77. The lowest BCUT2D eigenvalue weighted by atomic mass is 10.1. The Hall–Kier alpha value is -0.910. The average Bonchev–Trinajstić information content (AvgIpc) is 2.92. The van der Waals surface area contributed by atoms with Gasteiger partial charge in [0.1, 0.15) is 11.7 Å². The standard InChI is InChI=1S/C14H18N2O2S/c17-13-14(4-5-14)15-12(10-3-7-19-9-10)16(13)11-2-1-6-18-8-11/h3,7,9,11-12,15H,1-2,4-6,8H2. The zero-order valence-electron chi connectivity index (χ0n) is 10.8. The number of carbonyl (C=O) groups is 1. The van der Waals surface area contributed by atoms with E-state index in [2.05, 4.69) is 27.0 Å². The second-order valence-corrected chi connectivity index (χ2v) is 6.55. The van der Waals surface area contributed by atoms with Crippen LogP contribution in [0.4, 0.5) is 0 Å². The molecule has 2 aliphatic heterocycles. The van der Waals surface area contributed by atoms with Gasteiger partial charge in [-0.25, -0.2) is 0 Å². The number of ether oxygens (including phenoxy) is 1. The normalized spacial score (nSPS) is 33.1. The first-order valence-electron chi connectivity index (χ1n) is 7.00. The summed E-state index contributed by atoms with van der Waals surface area (Å²) in [6.45, 7) is 1.52. The number of amides is 1. The van der Waals surface area contributed by atoms with Crippen LogP contribution in [-0.4, -0.2) is 35.6 Å². The fourth-order valence-corrected chi connectivity index (χ4v) is 3.91. The van der Waals surface area contributed by atoms with E-state index in [9.17, 15) is 4.79 Å². The molecule has 3 aliphatic rings. The molecule has 1 N–H and O–H groups in total. The van der Waals surface area contributed by atoms with E-state index >= 15 is 0 Å². The Morgan fingerprint density at radius 3 is 3.00 bits per heavy atom. The molecular formula is C14H18N2O2S. The number of hydrogen-bond donors (Lipinski definition) is 1. The van der Waals surface area contributed by atoms with Crippen LogP contribution in [0.25, 0.3) is 0 Å². The molecule has 5 heteroatoms. The molecule has 2 unspecified atom stereocenters. The third kappa shape index (κ3) is 1.83. The molecule has 0 aromatic carbocycles. The van der Waals surface area contributed by atoms with E-state index < -0.39 is 0 Å². The van der Waals surface area contributed by atoms with Crippen LogP contribution in [0.2, 0.25) is 0 Å². The Morgan fingerprint density at radius 1 is 1.47 bits per heavy atom. The molecule has 2 saturated heterocycles. The first-order chi connectivity index (χ1) is 9.30. The maximum atomic E-state index is 12.7. The molecule has 3 heterocycles. The average molecular weight is 278 g/mol. The van der Waals surface area contributed by atoms with Crippen molar-refractivity contribution in [2.24, 2.45) is 0 Å². The highest BCUT2D eigenvalue weighted by Crippen LogP contribution is 2.47. The molecule has 0 bridgehead atoms. The fourth-order valence-electron chi connectivity index (χ4n) is 3.23. The van der Waals surface area contributed by atoms with Crippen molar-refractivity contribution in [1.29, 1.82) is 0 Å². The number of nitrogens with one attached hydrogen (secondary N) is 1. The molecule has 1 aliphatic carbocycles. The molecule has 3 fully saturated rings. The smallest absolute Gasteiger partial charge is 0.244 e. The minimum absolute atomic E-state index is 0.0490. The Labute approximate surface area is 116 Å². The zero-order chi connectivity index (χ0) is 12.9. The quantitative estimate of drug-likeness (QED) is 0.898. The summed E-state index contributed by atoms with van der Waals surface area (Å²) in [6.07, 6.45) is 4.13. The van der Waals surface area contributed by atoms with Crippen molar-refractivity contribution in [1.82, 2.24) is 10.2 Å². The number of hydrogen-bond acceptors (Lipinski definition) is 4. The largest absolute Gasteiger partial charge is 0.379 e. The molecule has 4 nitrogen and oxygen atoms in total. The Bertz CT molecular complexity index is 478. The molecule has 4 rings (SSSR count). The minimum atomic E-state index is -0.246. The van der Waals surface area contributed by atoms with Gasteiger partial charge in [-0.05, 0) is 48.1 Å². The van der Waals surface area contributed by atoms with Crippen LogP contribution >= 0.6 is 11.3 Å². The second kappa shape index (κ2) is 4.30. The zero-order valence-corrected chi connectivity index (χ0v) is 11.6. The highest BCUT2D eigenvalue weighted by atomic mass is 32.1. The van der Waals surface area contributed by atoms with Crippen LogP contribution in [0.3, 0.4) is 0 Å². The van der Waals surface area contributed by atoms with Gasteiger partial charge in [0, 0.05) is 6.61 Å². The summed E-state index contributed by atoms with van der Waals surface area (Å²) in [4.78, 5) is 14.8. The Kier molecular flexibility index (Phi) is 2.69. The summed E-state index contributed by atoms with van der Waals surface area (Å²) in [5.74, 6) is 0.291. The molecule has 1 amide bonds. The highest BCUT2D eigenvalue weighted by molar-refractivity contribution is 7.07. The van der Waals surface area contributed by atoms with Crippen LogP contribution in [0.5, 0.6) is 0 Å². The predicted octanol–water partition coefficient (Wildman–Crippen LogP) is 1.89. The summed E-state index contributed by atoms with van der Waals surface area (Å²) in [7, 11) is 0. The van der Waals surface area contributed by atoms with E-state index in [-0.39, 0.29) is 17.7 Å². The minimum Gasteiger partial charge on any atom is -0.379 e. The third-order valence-electron chi connectivity index (χ3n) is 4.47. The van der Waals surface area contributed by atoms with Crippen molar-refractivity contribution in [3.05, 3.63) is 22.4 Å². The number of thiophene rings is 1. The van der Waals surface area contributed by atoms with E-state index in [0.29, 0.717) is 12.5 Å². The summed E-state index contributed by atoms with van der Waals surface area (Å²) < 4.78 is 5.58. The molecule has 0 radical (unpaired) electrons. The van der Waals surface area contributed by atoms with Gasteiger partial charge in [0.15, 0.2) is 0 Å². The van der Waals surface area contributed by atoms with Crippen molar-refractivity contribution < 1.29 is 9.53 Å². The van der Waals surface area contributed by atoms with Gasteiger partial charge in [0.05, 0.1) is 12.6 Å². The van der Waals surface area contributed by atoms with Crippen molar-refractivity contribution in [3.63, 3.8) is 0 Å². The maximum absolute atomic E-state index is 12.7. The summed E-state index contributed by atoms with van der Waals surface area (Å²) in [5, 5.41) is 7.79. The van der Waals surface area contributed by atoms with Crippen molar-refractivity contribution >= 4 is 17.2 Å². The van der Waals surface area contributed by atoms with E-state index in [1.165, 1.54) is 5.56 Å². The highest BCUT2D eigenvalue weighted by Gasteiger charge is 2.60. The van der Waals surface area contributed by atoms with Crippen molar-refractivity contribution in [3.8, 4) is 0 Å². The Morgan fingerprint density at radius 2 is 2.37 bits per heavy atom. The summed E-state index contributed by atoms with van der Waals surface area (Å²) in [5.41, 5.74) is 0.969. The van der Waals surface area contributed by atoms with Gasteiger partial charge in [-0.3, -0.25) is 10.1 Å². The van der Waals surface area contributed by atoms with Crippen LogP contribution in [-0.2, 0) is 9.53 Å². The summed E-state index contributed by atoms with van der Waals surface area (Å²) in [6, 6.07) is 2.35. The first kappa shape index (κ1) is 11.9. The topological polar surface area (TPSA) is 41.6 Å². The van der Waals surface area contributed by atoms with Gasteiger partial charge < -0.3 is 9.64 Å². The van der Waals surface area contributed by atoms with E-state index in [1.807, 2.05) is 0 Å². The fraction of sp³-hybridized carbons (Fsp3) is 0.643. The monoisotopic (exact) mass is 278 g/mol. The lowest BCUT2D eigenvalue weighted by Gasteiger charge is -2.34. The molecule has 1 spiro atoms. The first-order valence-corrected chi connectivity index (χ1v) is 7.95. The summed E-state index contributed by atoms with van der Waals surface area (Å²) >= 11 is 1.69. The molecule has 19 heavy (non-hydrogen) atoms. The van der Waals surface area contributed by atoms with Crippen molar-refractivity contribution in [2.45, 2.75) is 43.4 Å². The number of carbonyl (C=O) groups excluding carboxylic acids is 1. The van der Waals surface area contributed by atoms with Gasteiger partial charge in [-0.1, -0.05) is 0 Å². The van der Waals surface area contributed by atoms with Gasteiger partial charge in [0.25, 0.3) is 0 Å². The van der Waals surface area contributed by atoms with E-state index in [1.54, 1.807) is 11.3 Å². The SMILES string of the molecule is O=C1N(C2CCCOC2)C(c2ccsc2)NC12CC2. The molecule has 2 atom stereocenters. The predicted molar refractivity (Wildman–Crippen MR) is 72.8 cm³/mol. The van der Waals surface area contributed by atoms with Crippen molar-refractivity contribution in [2.75, 3.05) is 13.2 Å². The van der Waals surface area contributed by atoms with E-state index in [0.717, 1.165) is 32.3 Å². The Balaban J connectivity index is 1.66. The van der Waals surface area contributed by atoms with Crippen LogP contribution < -0.4 is 5.32 Å². The molecule has 1 saturated carbocycles. The molecule has 102 valence electrons. The molecule has 1 aromatic rings. The molecule has 1 aromatic heterocycles. The van der Waals surface area contributed by atoms with Crippen LogP contribution in [0.1, 0.15) is 37.4 Å². The van der Waals surface area contributed by atoms with Gasteiger partial charge in [-0.15, -0.1) is 0 Å². The van der Waals surface area contributed by atoms with Crippen LogP contribution in [0, 0.1) is 0 Å². The lowest BCUT2D eigenvalue weighted by Crippen LogP contribution is -2.44. The van der Waals surface area contributed by atoms with Crippen LogP contribution in [0.15, 0.2) is 16.8 Å². The van der Waals surface area contributed by atoms with Gasteiger partial charge in [-0.2, -0.15) is 11.3 Å². The van der Waals surface area contributed by atoms with E-state index in [4.69, 9.17) is 4.74 Å². The number of nitrogens with zero attached hydrogens (tertiary/aromatic N) is 1.